The molecule has 0 fully saturated rings. The maximum absolute atomic E-state index is 6.17. The summed E-state index contributed by atoms with van der Waals surface area (Å²) in [6.07, 6.45) is 1.88. The van der Waals surface area contributed by atoms with Crippen LogP contribution in [-0.4, -0.2) is 14.5 Å². The van der Waals surface area contributed by atoms with Gasteiger partial charge in [-0.1, -0.05) is 17.7 Å². The maximum Gasteiger partial charge on any atom is 0.125 e. The van der Waals surface area contributed by atoms with Gasteiger partial charge in [0.15, 0.2) is 0 Å². The Morgan fingerprint density at radius 2 is 2.21 bits per heavy atom. The second-order valence-electron chi connectivity index (χ2n) is 4.22. The lowest BCUT2D eigenvalue weighted by molar-refractivity contribution is 0.773. The quantitative estimate of drug-likeness (QED) is 0.677. The van der Waals surface area contributed by atoms with Gasteiger partial charge in [0.25, 0.3) is 0 Å². The lowest BCUT2D eigenvalue weighted by Crippen LogP contribution is -2.03. The van der Waals surface area contributed by atoms with Crippen molar-refractivity contribution in [1.29, 1.82) is 0 Å². The molecule has 6 heteroatoms. The average molecular weight is 312 g/mol. The SMILES string of the molecule is Cc1cnc(Cn2c(CCl)nc3c(Cl)cccc32)s1. The zero-order chi connectivity index (χ0) is 13.4. The first-order valence-electron chi connectivity index (χ1n) is 5.80. The van der Waals surface area contributed by atoms with Crippen LogP contribution in [0.25, 0.3) is 11.0 Å². The smallest absolute Gasteiger partial charge is 0.125 e. The fraction of sp³-hybridized carbons (Fsp3) is 0.231. The van der Waals surface area contributed by atoms with Crippen molar-refractivity contribution in [3.05, 3.63) is 45.1 Å². The van der Waals surface area contributed by atoms with E-state index in [1.807, 2.05) is 31.3 Å². The molecule has 0 amide bonds. The Hall–Kier alpha value is -1.10. The van der Waals surface area contributed by atoms with Crippen molar-refractivity contribution in [2.45, 2.75) is 19.3 Å². The maximum atomic E-state index is 6.17. The molecule has 0 aliphatic carbocycles. The molecule has 0 bridgehead atoms. The van der Waals surface area contributed by atoms with Crippen LogP contribution in [0.2, 0.25) is 5.02 Å². The third-order valence-electron chi connectivity index (χ3n) is 2.89. The van der Waals surface area contributed by atoms with Crippen molar-refractivity contribution in [2.75, 3.05) is 0 Å². The minimum absolute atomic E-state index is 0.357. The van der Waals surface area contributed by atoms with Gasteiger partial charge in [-0.25, -0.2) is 9.97 Å². The van der Waals surface area contributed by atoms with Gasteiger partial charge >= 0.3 is 0 Å². The highest BCUT2D eigenvalue weighted by Crippen LogP contribution is 2.26. The highest BCUT2D eigenvalue weighted by Gasteiger charge is 2.13. The Labute approximate surface area is 124 Å². The summed E-state index contributed by atoms with van der Waals surface area (Å²) in [5, 5.41) is 1.70. The monoisotopic (exact) mass is 311 g/mol. The van der Waals surface area contributed by atoms with Gasteiger partial charge in [0, 0.05) is 11.1 Å². The number of thiazole rings is 1. The van der Waals surface area contributed by atoms with Crippen LogP contribution < -0.4 is 0 Å². The third-order valence-corrected chi connectivity index (χ3v) is 4.33. The number of rotatable bonds is 3. The second kappa shape index (κ2) is 5.12. The molecule has 0 saturated carbocycles. The molecule has 1 aromatic carbocycles. The van der Waals surface area contributed by atoms with Gasteiger partial charge in [-0.3, -0.25) is 0 Å². The van der Waals surface area contributed by atoms with Gasteiger partial charge < -0.3 is 4.57 Å². The number of benzene rings is 1. The van der Waals surface area contributed by atoms with Crippen LogP contribution in [0.1, 0.15) is 15.7 Å². The van der Waals surface area contributed by atoms with Crippen LogP contribution in [0.4, 0.5) is 0 Å². The molecule has 0 radical (unpaired) electrons. The molecule has 0 atom stereocenters. The summed E-state index contributed by atoms with van der Waals surface area (Å²) in [4.78, 5) is 10.1. The Morgan fingerprint density at radius 1 is 1.37 bits per heavy atom. The molecule has 0 aliphatic heterocycles. The molecule has 0 aliphatic rings. The van der Waals surface area contributed by atoms with E-state index in [1.54, 1.807) is 11.3 Å². The van der Waals surface area contributed by atoms with Crippen molar-refractivity contribution in [3.63, 3.8) is 0 Å². The van der Waals surface area contributed by atoms with E-state index in [-0.39, 0.29) is 0 Å². The van der Waals surface area contributed by atoms with E-state index in [9.17, 15) is 0 Å². The van der Waals surface area contributed by atoms with Gasteiger partial charge in [0.1, 0.15) is 16.3 Å². The van der Waals surface area contributed by atoms with Crippen LogP contribution in [0.5, 0.6) is 0 Å². The molecule has 3 rings (SSSR count). The van der Waals surface area contributed by atoms with Crippen LogP contribution in [0, 0.1) is 6.92 Å². The number of nitrogens with zero attached hydrogens (tertiary/aromatic N) is 3. The first kappa shape index (κ1) is 12.9. The zero-order valence-electron chi connectivity index (χ0n) is 10.2. The molecule has 0 N–H and O–H groups in total. The predicted octanol–water partition coefficient (Wildman–Crippen LogP) is 4.24. The number of alkyl halides is 1. The van der Waals surface area contributed by atoms with E-state index < -0.39 is 0 Å². The van der Waals surface area contributed by atoms with Crippen LogP contribution in [0.3, 0.4) is 0 Å². The molecular formula is C13H11Cl2N3S. The first-order chi connectivity index (χ1) is 9.19. The number of fused-ring (bicyclic) bond motifs is 1. The molecule has 19 heavy (non-hydrogen) atoms. The number of imidazole rings is 1. The summed E-state index contributed by atoms with van der Waals surface area (Å²) in [7, 11) is 0. The molecule has 0 unspecified atom stereocenters. The van der Waals surface area contributed by atoms with E-state index in [4.69, 9.17) is 23.2 Å². The van der Waals surface area contributed by atoms with Gasteiger partial charge in [-0.2, -0.15) is 0 Å². The summed E-state index contributed by atoms with van der Waals surface area (Å²) in [6, 6.07) is 5.77. The normalized spacial score (nSPS) is 11.3. The van der Waals surface area contributed by atoms with Crippen LogP contribution >= 0.6 is 34.5 Å². The van der Waals surface area contributed by atoms with Crippen molar-refractivity contribution < 1.29 is 0 Å². The molecule has 2 aromatic heterocycles. The summed E-state index contributed by atoms with van der Waals surface area (Å²) >= 11 is 13.8. The topological polar surface area (TPSA) is 30.7 Å². The zero-order valence-corrected chi connectivity index (χ0v) is 12.6. The molecule has 0 saturated heterocycles. The Morgan fingerprint density at radius 3 is 2.89 bits per heavy atom. The molecular weight excluding hydrogens is 301 g/mol. The highest BCUT2D eigenvalue weighted by molar-refractivity contribution is 7.11. The molecule has 0 spiro atoms. The van der Waals surface area contributed by atoms with Crippen LogP contribution in [0.15, 0.2) is 24.4 Å². The number of hydrogen-bond donors (Lipinski definition) is 0. The average Bonchev–Trinajstić information content (AvgIpc) is 2.96. The standard InChI is InChI=1S/C13H11Cl2N3S/c1-8-6-16-12(19-8)7-18-10-4-2-3-9(15)13(10)17-11(18)5-14/h2-4,6H,5,7H2,1H3. The Bertz CT molecular complexity index is 733. The summed E-state index contributed by atoms with van der Waals surface area (Å²) in [6.45, 7) is 2.73. The summed E-state index contributed by atoms with van der Waals surface area (Å²) in [5.41, 5.74) is 1.80. The molecule has 3 aromatic rings. The largest absolute Gasteiger partial charge is 0.320 e. The minimum Gasteiger partial charge on any atom is -0.320 e. The van der Waals surface area contributed by atoms with E-state index in [1.165, 1.54) is 4.88 Å². The van der Waals surface area contributed by atoms with Gasteiger partial charge in [-0.15, -0.1) is 22.9 Å². The van der Waals surface area contributed by atoms with Crippen molar-refractivity contribution >= 4 is 45.6 Å². The summed E-state index contributed by atoms with van der Waals surface area (Å²) in [5.74, 6) is 1.17. The number of aryl methyl sites for hydroxylation is 1. The first-order valence-corrected chi connectivity index (χ1v) is 7.53. The number of aromatic nitrogens is 3. The van der Waals surface area contributed by atoms with E-state index in [0.717, 1.165) is 21.9 Å². The van der Waals surface area contributed by atoms with E-state index in [2.05, 4.69) is 14.5 Å². The highest BCUT2D eigenvalue weighted by atomic mass is 35.5. The fourth-order valence-corrected chi connectivity index (χ4v) is 3.24. The third kappa shape index (κ3) is 2.36. The van der Waals surface area contributed by atoms with Gasteiger partial charge in [-0.05, 0) is 19.1 Å². The van der Waals surface area contributed by atoms with Crippen molar-refractivity contribution in [3.8, 4) is 0 Å². The van der Waals surface area contributed by atoms with Crippen LogP contribution in [-0.2, 0) is 12.4 Å². The minimum atomic E-state index is 0.357. The van der Waals surface area contributed by atoms with Gasteiger partial charge in [0.05, 0.1) is 23.0 Å². The second-order valence-corrected chi connectivity index (χ2v) is 6.21. The van der Waals surface area contributed by atoms with E-state index in [0.29, 0.717) is 17.4 Å². The Kier molecular flexibility index (Phi) is 3.48. The molecule has 98 valence electrons. The molecule has 3 nitrogen and oxygen atoms in total. The van der Waals surface area contributed by atoms with E-state index >= 15 is 0 Å². The van der Waals surface area contributed by atoms with Crippen molar-refractivity contribution in [1.82, 2.24) is 14.5 Å². The fourth-order valence-electron chi connectivity index (χ4n) is 2.05. The van der Waals surface area contributed by atoms with Crippen molar-refractivity contribution in [2.24, 2.45) is 0 Å². The lowest BCUT2D eigenvalue weighted by atomic mass is 10.3. The number of halogens is 2. The molecule has 2 heterocycles. The number of hydrogen-bond acceptors (Lipinski definition) is 3. The predicted molar refractivity (Wildman–Crippen MR) is 80.3 cm³/mol. The lowest BCUT2D eigenvalue weighted by Gasteiger charge is -2.05. The summed E-state index contributed by atoms with van der Waals surface area (Å²) < 4.78 is 2.08. The van der Waals surface area contributed by atoms with Gasteiger partial charge in [0.2, 0.25) is 0 Å². The number of para-hydroxylation sites is 1. The Balaban J connectivity index is 2.13.